The molecule has 5 heterocycles. The van der Waals surface area contributed by atoms with Crippen molar-refractivity contribution in [1.82, 2.24) is 19.5 Å². The third-order valence-electron chi connectivity index (χ3n) is 5.60. The van der Waals surface area contributed by atoms with E-state index in [1.165, 1.54) is 17.8 Å². The molecule has 0 unspecified atom stereocenters. The summed E-state index contributed by atoms with van der Waals surface area (Å²) in [5.41, 5.74) is 4.75. The molecule has 2 aromatic rings. The Kier molecular flexibility index (Phi) is 4.75. The summed E-state index contributed by atoms with van der Waals surface area (Å²) in [6.07, 6.45) is 0.113. The van der Waals surface area contributed by atoms with Crippen molar-refractivity contribution in [3.63, 3.8) is 0 Å². The Morgan fingerprint density at radius 3 is 2.93 bits per heavy atom. The van der Waals surface area contributed by atoms with E-state index in [0.717, 1.165) is 19.5 Å². The van der Waals surface area contributed by atoms with Crippen LogP contribution in [-0.4, -0.2) is 63.7 Å². The number of nitrogen functional groups attached to an aromatic ring is 1. The molecule has 13 heteroatoms. The molecule has 3 fully saturated rings. The van der Waals surface area contributed by atoms with Gasteiger partial charge in [0, 0.05) is 13.1 Å². The molecule has 164 valence electrons. The van der Waals surface area contributed by atoms with Crippen LogP contribution in [0.15, 0.2) is 6.33 Å². The van der Waals surface area contributed by atoms with Crippen molar-refractivity contribution in [2.75, 3.05) is 36.9 Å². The van der Waals surface area contributed by atoms with Crippen molar-refractivity contribution in [3.05, 3.63) is 6.33 Å². The summed E-state index contributed by atoms with van der Waals surface area (Å²) in [4.78, 5) is 15.0. The zero-order valence-corrected chi connectivity index (χ0v) is 17.6. The number of nitrogens with two attached hydrogens (primary N) is 1. The lowest BCUT2D eigenvalue weighted by atomic mass is 9.98. The summed E-state index contributed by atoms with van der Waals surface area (Å²) in [5, 5.41) is 0. The van der Waals surface area contributed by atoms with Crippen LogP contribution in [0.3, 0.4) is 0 Å². The van der Waals surface area contributed by atoms with E-state index in [0.29, 0.717) is 23.4 Å². The first-order valence-corrected chi connectivity index (χ1v) is 11.5. The molecule has 5 rings (SSSR count). The quantitative estimate of drug-likeness (QED) is 0.689. The van der Waals surface area contributed by atoms with E-state index in [2.05, 4.69) is 15.0 Å². The maximum Gasteiger partial charge on any atom is 0.475 e. The van der Waals surface area contributed by atoms with Gasteiger partial charge in [-0.25, -0.2) is 13.9 Å². The van der Waals surface area contributed by atoms with Crippen LogP contribution in [0.25, 0.3) is 11.2 Å². The molecule has 2 N–H and O–H groups in total. The normalized spacial score (nSPS) is 36.1. The first-order valence-electron chi connectivity index (χ1n) is 9.99. The zero-order valence-electron chi connectivity index (χ0n) is 16.7. The molecular formula is C17H24FN6O5P. The molecule has 2 aromatic heterocycles. The second kappa shape index (κ2) is 7.10. The van der Waals surface area contributed by atoms with Gasteiger partial charge in [-0.3, -0.25) is 18.1 Å². The highest BCUT2D eigenvalue weighted by molar-refractivity contribution is 7.48. The van der Waals surface area contributed by atoms with Crippen LogP contribution < -0.4 is 10.6 Å². The minimum Gasteiger partial charge on any atom is -0.368 e. The average molecular weight is 442 g/mol. The summed E-state index contributed by atoms with van der Waals surface area (Å²) in [6.45, 7) is 4.97. The Bertz CT molecular complexity index is 1010. The van der Waals surface area contributed by atoms with Crippen LogP contribution in [-0.2, 0) is 22.9 Å². The van der Waals surface area contributed by atoms with Gasteiger partial charge in [-0.2, -0.15) is 9.97 Å². The molecule has 3 saturated heterocycles. The number of hydrogen-bond donors (Lipinski definition) is 1. The summed E-state index contributed by atoms with van der Waals surface area (Å²) in [6, 6.07) is 0. The van der Waals surface area contributed by atoms with Gasteiger partial charge in [0.15, 0.2) is 28.9 Å². The molecule has 5 atom stereocenters. The van der Waals surface area contributed by atoms with Gasteiger partial charge >= 0.3 is 7.82 Å². The number of anilines is 2. The summed E-state index contributed by atoms with van der Waals surface area (Å²) < 4.78 is 52.0. The van der Waals surface area contributed by atoms with Crippen molar-refractivity contribution in [3.8, 4) is 0 Å². The maximum atomic E-state index is 16.0. The molecule has 11 nitrogen and oxygen atoms in total. The van der Waals surface area contributed by atoms with Gasteiger partial charge in [0.2, 0.25) is 5.95 Å². The Morgan fingerprint density at radius 2 is 2.23 bits per heavy atom. The third-order valence-corrected chi connectivity index (χ3v) is 7.05. The number of phosphoric acid groups is 1. The third kappa shape index (κ3) is 3.09. The highest BCUT2D eigenvalue weighted by Crippen LogP contribution is 2.59. The van der Waals surface area contributed by atoms with E-state index in [9.17, 15) is 4.57 Å². The molecule has 30 heavy (non-hydrogen) atoms. The summed E-state index contributed by atoms with van der Waals surface area (Å²) in [5.74, 6) is 0.690. The highest BCUT2D eigenvalue weighted by atomic mass is 31.2. The van der Waals surface area contributed by atoms with Gasteiger partial charge in [-0.1, -0.05) is 6.92 Å². The van der Waals surface area contributed by atoms with E-state index in [4.69, 9.17) is 24.0 Å². The standard InChI is InChI=1S/C17H24FN6O5P/c1-3-7-26-30(25)27-8-10-12(29-30)17(2,18)15(28-10)24-9-20-11-13(23-5-4-6-23)21-16(19)22-14(11)24/h9-10,12,15H,3-8H2,1-2H3,(H2,19,21,22)/t10-,12-,15-,17-,30-/m1/s1. The number of ether oxygens (including phenoxy) is 1. The molecule has 0 saturated carbocycles. The second-order valence-electron chi connectivity index (χ2n) is 7.85. The minimum absolute atomic E-state index is 0.0687. The largest absolute Gasteiger partial charge is 0.475 e. The summed E-state index contributed by atoms with van der Waals surface area (Å²) >= 11 is 0. The van der Waals surface area contributed by atoms with E-state index < -0.39 is 31.9 Å². The second-order valence-corrected chi connectivity index (χ2v) is 9.47. The molecular weight excluding hydrogens is 418 g/mol. The topological polar surface area (TPSA) is 127 Å². The number of fused-ring (bicyclic) bond motifs is 2. The molecule has 0 bridgehead atoms. The van der Waals surface area contributed by atoms with Gasteiger partial charge in [-0.15, -0.1) is 0 Å². The fourth-order valence-electron chi connectivity index (χ4n) is 3.95. The lowest BCUT2D eigenvalue weighted by Crippen LogP contribution is -2.44. The van der Waals surface area contributed by atoms with Gasteiger partial charge in [0.25, 0.3) is 0 Å². The van der Waals surface area contributed by atoms with Gasteiger partial charge in [-0.05, 0) is 19.8 Å². The number of phosphoric ester groups is 1. The first kappa shape index (κ1) is 20.1. The fraction of sp³-hybridized carbons (Fsp3) is 0.706. The highest BCUT2D eigenvalue weighted by Gasteiger charge is 2.61. The van der Waals surface area contributed by atoms with Crippen molar-refractivity contribution in [2.45, 2.75) is 50.8 Å². The number of halogens is 1. The van der Waals surface area contributed by atoms with E-state index in [1.807, 2.05) is 11.8 Å². The lowest BCUT2D eigenvalue weighted by molar-refractivity contribution is -0.0706. The van der Waals surface area contributed by atoms with Crippen molar-refractivity contribution in [2.24, 2.45) is 0 Å². The fourth-order valence-corrected chi connectivity index (χ4v) is 5.50. The number of hydrogen-bond acceptors (Lipinski definition) is 10. The Morgan fingerprint density at radius 1 is 1.43 bits per heavy atom. The molecule has 3 aliphatic rings. The van der Waals surface area contributed by atoms with E-state index >= 15 is 4.39 Å². The molecule has 0 amide bonds. The maximum absolute atomic E-state index is 16.0. The number of nitrogens with zero attached hydrogens (tertiary/aromatic N) is 5. The van der Waals surface area contributed by atoms with Crippen LogP contribution in [0, 0.1) is 0 Å². The Balaban J connectivity index is 1.49. The van der Waals surface area contributed by atoms with Crippen LogP contribution in [0.1, 0.15) is 32.9 Å². The number of alkyl halides is 1. The number of rotatable bonds is 5. The minimum atomic E-state index is -3.85. The van der Waals surface area contributed by atoms with Gasteiger partial charge in [0.1, 0.15) is 12.2 Å². The number of imidazole rings is 1. The monoisotopic (exact) mass is 442 g/mol. The van der Waals surface area contributed by atoms with Crippen LogP contribution >= 0.6 is 7.82 Å². The van der Waals surface area contributed by atoms with Crippen molar-refractivity contribution < 1.29 is 27.3 Å². The number of aromatic nitrogens is 4. The molecule has 0 spiro atoms. The lowest BCUT2D eigenvalue weighted by Gasteiger charge is -2.33. The van der Waals surface area contributed by atoms with Gasteiger partial charge < -0.3 is 15.4 Å². The molecule has 0 radical (unpaired) electrons. The van der Waals surface area contributed by atoms with Gasteiger partial charge in [0.05, 0.1) is 19.5 Å². The molecule has 3 aliphatic heterocycles. The van der Waals surface area contributed by atoms with Crippen LogP contribution in [0.2, 0.25) is 0 Å². The first-order chi connectivity index (χ1) is 14.3. The van der Waals surface area contributed by atoms with E-state index in [1.54, 1.807) is 0 Å². The SMILES string of the molecule is CCCO[P@]1(=O)OC[C@H]2O[C@@H](n3cnc4c(N5CCC5)nc(N)nc43)[C@](C)(F)[C@@H]2O1. The van der Waals surface area contributed by atoms with E-state index in [-0.39, 0.29) is 19.2 Å². The molecule has 0 aliphatic carbocycles. The Labute approximate surface area is 172 Å². The average Bonchev–Trinajstić information content (AvgIpc) is 3.17. The van der Waals surface area contributed by atoms with Crippen LogP contribution in [0.5, 0.6) is 0 Å². The zero-order chi connectivity index (χ0) is 21.1. The predicted octanol–water partition coefficient (Wildman–Crippen LogP) is 2.19. The van der Waals surface area contributed by atoms with Crippen molar-refractivity contribution in [1.29, 1.82) is 0 Å². The summed E-state index contributed by atoms with van der Waals surface area (Å²) in [7, 11) is -3.85. The van der Waals surface area contributed by atoms with Crippen molar-refractivity contribution >= 4 is 30.8 Å². The smallest absolute Gasteiger partial charge is 0.368 e. The Hall–Kier alpha value is -1.85. The van der Waals surface area contributed by atoms with Crippen LogP contribution in [0.4, 0.5) is 16.2 Å². The predicted molar refractivity (Wildman–Crippen MR) is 105 cm³/mol. The molecule has 0 aromatic carbocycles.